The molecule has 9 heteroatoms. The number of pyridine rings is 1. The van der Waals surface area contributed by atoms with Crippen LogP contribution in [-0.4, -0.2) is 39.9 Å². The van der Waals surface area contributed by atoms with Crippen molar-refractivity contribution in [3.63, 3.8) is 0 Å². The Kier molecular flexibility index (Phi) is 5.04. The Morgan fingerprint density at radius 2 is 2.04 bits per heavy atom. The van der Waals surface area contributed by atoms with Crippen molar-refractivity contribution >= 4 is 28.9 Å². The van der Waals surface area contributed by atoms with Gasteiger partial charge in [0.1, 0.15) is 17.0 Å². The number of anilines is 2. The Balaban J connectivity index is 2.06. The Morgan fingerprint density at radius 3 is 2.69 bits per heavy atom. The molecule has 0 saturated carbocycles. The molecule has 0 saturated heterocycles. The number of esters is 1. The van der Waals surface area contributed by atoms with Gasteiger partial charge in [0, 0.05) is 13.2 Å². The molecule has 0 bridgehead atoms. The van der Waals surface area contributed by atoms with Crippen molar-refractivity contribution in [2.45, 2.75) is 0 Å². The normalized spacial score (nSPS) is 10.5. The SMILES string of the molecule is COC(=O)c1cnc(Cl)cc1Nc1cccc(-c2ncn(C)n2)c1OC. The summed E-state index contributed by atoms with van der Waals surface area (Å²) in [4.78, 5) is 20.2. The van der Waals surface area contributed by atoms with E-state index in [0.717, 1.165) is 0 Å². The highest BCUT2D eigenvalue weighted by Crippen LogP contribution is 2.37. The maximum Gasteiger partial charge on any atom is 0.341 e. The lowest BCUT2D eigenvalue weighted by atomic mass is 10.1. The predicted octanol–water partition coefficient (Wildman–Crippen LogP) is 3.07. The lowest BCUT2D eigenvalue weighted by Crippen LogP contribution is -2.07. The molecule has 26 heavy (non-hydrogen) atoms. The van der Waals surface area contributed by atoms with Gasteiger partial charge in [0.05, 0.1) is 31.2 Å². The molecule has 0 aliphatic rings. The van der Waals surface area contributed by atoms with Crippen LogP contribution in [0.5, 0.6) is 5.75 Å². The van der Waals surface area contributed by atoms with Gasteiger partial charge in [-0.15, -0.1) is 0 Å². The number of hydrogen-bond acceptors (Lipinski definition) is 7. The van der Waals surface area contributed by atoms with Gasteiger partial charge in [-0.25, -0.2) is 14.8 Å². The van der Waals surface area contributed by atoms with E-state index in [-0.39, 0.29) is 10.7 Å². The minimum Gasteiger partial charge on any atom is -0.494 e. The van der Waals surface area contributed by atoms with Crippen molar-refractivity contribution in [1.82, 2.24) is 19.7 Å². The highest BCUT2D eigenvalue weighted by atomic mass is 35.5. The molecule has 1 N–H and O–H groups in total. The second kappa shape index (κ2) is 7.40. The molecule has 3 aromatic rings. The number of nitrogens with zero attached hydrogens (tertiary/aromatic N) is 4. The summed E-state index contributed by atoms with van der Waals surface area (Å²) in [5.41, 5.74) is 2.02. The zero-order valence-corrected chi connectivity index (χ0v) is 15.1. The average molecular weight is 374 g/mol. The standard InChI is InChI=1S/C17H16ClN5O3/c1-23-9-20-16(22-23)10-5-4-6-12(15(10)25-2)21-13-7-14(18)19-8-11(13)17(24)26-3/h4-9H,1-3H3,(H,19,21). The fourth-order valence-electron chi connectivity index (χ4n) is 2.45. The number of carbonyl (C=O) groups excluding carboxylic acids is 1. The molecule has 0 amide bonds. The zero-order valence-electron chi connectivity index (χ0n) is 14.4. The van der Waals surface area contributed by atoms with E-state index >= 15 is 0 Å². The molecule has 0 aliphatic carbocycles. The summed E-state index contributed by atoms with van der Waals surface area (Å²) in [5, 5.41) is 7.69. The summed E-state index contributed by atoms with van der Waals surface area (Å²) < 4.78 is 11.9. The quantitative estimate of drug-likeness (QED) is 0.542. The molecule has 8 nitrogen and oxygen atoms in total. The number of halogens is 1. The van der Waals surface area contributed by atoms with E-state index in [0.29, 0.717) is 28.5 Å². The van der Waals surface area contributed by atoms with Gasteiger partial charge >= 0.3 is 5.97 Å². The minimum atomic E-state index is -0.529. The van der Waals surface area contributed by atoms with Crippen LogP contribution in [0, 0.1) is 0 Å². The summed E-state index contributed by atoms with van der Waals surface area (Å²) in [5.74, 6) is 0.523. The molecular weight excluding hydrogens is 358 g/mol. The van der Waals surface area contributed by atoms with Crippen molar-refractivity contribution in [3.05, 3.63) is 47.5 Å². The van der Waals surface area contributed by atoms with Crippen molar-refractivity contribution in [1.29, 1.82) is 0 Å². The van der Waals surface area contributed by atoms with E-state index in [1.54, 1.807) is 37.3 Å². The number of rotatable bonds is 5. The van der Waals surface area contributed by atoms with E-state index in [9.17, 15) is 4.79 Å². The Bertz CT molecular complexity index is 957. The molecule has 0 unspecified atom stereocenters. The largest absolute Gasteiger partial charge is 0.494 e. The Labute approximate surface area is 154 Å². The fraction of sp³-hybridized carbons (Fsp3) is 0.176. The molecule has 1 aromatic carbocycles. The van der Waals surface area contributed by atoms with Crippen LogP contribution in [0.2, 0.25) is 5.15 Å². The van der Waals surface area contributed by atoms with E-state index < -0.39 is 5.97 Å². The third-order valence-corrected chi connectivity index (χ3v) is 3.81. The maximum absolute atomic E-state index is 12.0. The summed E-state index contributed by atoms with van der Waals surface area (Å²) in [6, 6.07) is 7.02. The molecule has 0 radical (unpaired) electrons. The first-order valence-corrected chi connectivity index (χ1v) is 7.95. The number of methoxy groups -OCH3 is 2. The Hall–Kier alpha value is -3.13. The van der Waals surface area contributed by atoms with E-state index in [1.807, 2.05) is 12.1 Å². The number of aryl methyl sites for hydroxylation is 1. The van der Waals surface area contributed by atoms with Gasteiger partial charge in [0.2, 0.25) is 0 Å². The van der Waals surface area contributed by atoms with Crippen LogP contribution >= 0.6 is 11.6 Å². The Morgan fingerprint density at radius 1 is 1.23 bits per heavy atom. The van der Waals surface area contributed by atoms with Gasteiger partial charge in [-0.3, -0.25) is 4.68 Å². The van der Waals surface area contributed by atoms with Gasteiger partial charge in [0.15, 0.2) is 11.6 Å². The van der Waals surface area contributed by atoms with Gasteiger partial charge in [-0.1, -0.05) is 17.7 Å². The van der Waals surface area contributed by atoms with Gasteiger partial charge in [-0.2, -0.15) is 5.10 Å². The van der Waals surface area contributed by atoms with Crippen LogP contribution in [0.1, 0.15) is 10.4 Å². The first kappa shape index (κ1) is 17.7. The molecular formula is C17H16ClN5O3. The first-order valence-electron chi connectivity index (χ1n) is 7.57. The molecule has 2 aromatic heterocycles. The van der Waals surface area contributed by atoms with Crippen LogP contribution in [0.25, 0.3) is 11.4 Å². The van der Waals surface area contributed by atoms with Crippen molar-refractivity contribution in [3.8, 4) is 17.1 Å². The molecule has 0 fully saturated rings. The number of para-hydroxylation sites is 1. The summed E-state index contributed by atoms with van der Waals surface area (Å²) in [6.07, 6.45) is 2.96. The number of aromatic nitrogens is 4. The smallest absolute Gasteiger partial charge is 0.341 e. The minimum absolute atomic E-state index is 0.238. The van der Waals surface area contributed by atoms with Crippen molar-refractivity contribution in [2.75, 3.05) is 19.5 Å². The molecule has 134 valence electrons. The third kappa shape index (κ3) is 3.45. The summed E-state index contributed by atoms with van der Waals surface area (Å²) in [6.45, 7) is 0. The van der Waals surface area contributed by atoms with E-state index in [2.05, 4.69) is 20.4 Å². The third-order valence-electron chi connectivity index (χ3n) is 3.60. The van der Waals surface area contributed by atoms with Crippen molar-refractivity contribution < 1.29 is 14.3 Å². The van der Waals surface area contributed by atoms with Crippen molar-refractivity contribution in [2.24, 2.45) is 7.05 Å². The summed E-state index contributed by atoms with van der Waals surface area (Å²) >= 11 is 5.98. The monoisotopic (exact) mass is 373 g/mol. The van der Waals surface area contributed by atoms with E-state index in [1.165, 1.54) is 13.3 Å². The van der Waals surface area contributed by atoms with Gasteiger partial charge in [0.25, 0.3) is 0 Å². The topological polar surface area (TPSA) is 91.2 Å². The zero-order chi connectivity index (χ0) is 18.7. The van der Waals surface area contributed by atoms with Crippen LogP contribution in [-0.2, 0) is 11.8 Å². The lowest BCUT2D eigenvalue weighted by Gasteiger charge is -2.15. The molecule has 0 aliphatic heterocycles. The molecule has 3 rings (SSSR count). The van der Waals surface area contributed by atoms with Crippen LogP contribution in [0.3, 0.4) is 0 Å². The second-order valence-corrected chi connectivity index (χ2v) is 5.68. The number of ether oxygens (including phenoxy) is 2. The second-order valence-electron chi connectivity index (χ2n) is 5.30. The average Bonchev–Trinajstić information content (AvgIpc) is 3.07. The predicted molar refractivity (Wildman–Crippen MR) is 96.9 cm³/mol. The number of carbonyl (C=O) groups is 1. The first-order chi connectivity index (χ1) is 12.5. The van der Waals surface area contributed by atoms with Gasteiger partial charge < -0.3 is 14.8 Å². The molecule has 0 atom stereocenters. The maximum atomic E-state index is 12.0. The van der Waals surface area contributed by atoms with Crippen LogP contribution in [0.4, 0.5) is 11.4 Å². The number of nitrogens with one attached hydrogen (secondary N) is 1. The lowest BCUT2D eigenvalue weighted by molar-refractivity contribution is 0.0601. The molecule has 0 spiro atoms. The number of hydrogen-bond donors (Lipinski definition) is 1. The number of benzene rings is 1. The van der Waals surface area contributed by atoms with Crippen LogP contribution in [0.15, 0.2) is 36.8 Å². The highest BCUT2D eigenvalue weighted by molar-refractivity contribution is 6.29. The fourth-order valence-corrected chi connectivity index (χ4v) is 2.60. The highest BCUT2D eigenvalue weighted by Gasteiger charge is 2.18. The van der Waals surface area contributed by atoms with Gasteiger partial charge in [-0.05, 0) is 18.2 Å². The summed E-state index contributed by atoms with van der Waals surface area (Å²) in [7, 11) is 4.63. The molecule has 2 heterocycles. The van der Waals surface area contributed by atoms with E-state index in [4.69, 9.17) is 21.1 Å². The van der Waals surface area contributed by atoms with Crippen LogP contribution < -0.4 is 10.1 Å².